The first-order chi connectivity index (χ1) is 9.34. The van der Waals surface area contributed by atoms with Crippen molar-refractivity contribution < 1.29 is 9.53 Å². The van der Waals surface area contributed by atoms with E-state index in [4.69, 9.17) is 4.74 Å². The van der Waals surface area contributed by atoms with Gasteiger partial charge in [0.25, 0.3) is 5.91 Å². The summed E-state index contributed by atoms with van der Waals surface area (Å²) in [5.41, 5.74) is 2.81. The first-order valence-electron chi connectivity index (χ1n) is 6.09. The van der Waals surface area contributed by atoms with Crippen molar-refractivity contribution in [2.75, 3.05) is 13.2 Å². The summed E-state index contributed by atoms with van der Waals surface area (Å²) in [6.07, 6.45) is 0.844. The molecule has 5 nitrogen and oxygen atoms in total. The summed E-state index contributed by atoms with van der Waals surface area (Å²) in [6, 6.07) is 8.18. The van der Waals surface area contributed by atoms with Gasteiger partial charge < -0.3 is 10.1 Å². The molecule has 1 N–H and O–H groups in total. The zero-order valence-corrected chi connectivity index (χ0v) is 11.0. The molecule has 1 aliphatic heterocycles. The molecule has 0 aliphatic carbocycles. The second-order valence-corrected chi connectivity index (χ2v) is 4.92. The van der Waals surface area contributed by atoms with E-state index in [0.29, 0.717) is 18.8 Å². The van der Waals surface area contributed by atoms with Crippen molar-refractivity contribution in [1.29, 1.82) is 0 Å². The second kappa shape index (κ2) is 5.46. The minimum atomic E-state index is -0.208. The van der Waals surface area contributed by atoms with Gasteiger partial charge in [-0.3, -0.25) is 4.79 Å². The molecule has 6 heteroatoms. The van der Waals surface area contributed by atoms with Crippen LogP contribution in [0.3, 0.4) is 0 Å². The van der Waals surface area contributed by atoms with Crippen molar-refractivity contribution >= 4 is 17.4 Å². The highest BCUT2D eigenvalue weighted by Crippen LogP contribution is 2.26. The maximum atomic E-state index is 11.8. The molecule has 2 aromatic rings. The number of carbonyl (C=O) groups is 1. The third kappa shape index (κ3) is 2.64. The molecule has 1 aromatic heterocycles. The van der Waals surface area contributed by atoms with Crippen LogP contribution in [0, 0.1) is 0 Å². The lowest BCUT2D eigenvalue weighted by Gasteiger charge is -2.26. The summed E-state index contributed by atoms with van der Waals surface area (Å²) in [7, 11) is 0. The number of hydrogen-bond acceptors (Lipinski definition) is 5. The SMILES string of the molecule is O=C(NCC1OCCc2ccccc21)c1csnn1. The zero-order chi connectivity index (χ0) is 13.1. The van der Waals surface area contributed by atoms with Gasteiger partial charge in [0.05, 0.1) is 6.61 Å². The highest BCUT2D eigenvalue weighted by Gasteiger charge is 2.21. The third-order valence-electron chi connectivity index (χ3n) is 3.13. The van der Waals surface area contributed by atoms with Crippen molar-refractivity contribution in [2.24, 2.45) is 0 Å². The molecule has 1 unspecified atom stereocenters. The van der Waals surface area contributed by atoms with E-state index in [1.165, 1.54) is 5.56 Å². The zero-order valence-electron chi connectivity index (χ0n) is 10.2. The van der Waals surface area contributed by atoms with Crippen molar-refractivity contribution in [1.82, 2.24) is 14.9 Å². The van der Waals surface area contributed by atoms with Gasteiger partial charge in [0.1, 0.15) is 6.10 Å². The lowest BCUT2D eigenvalue weighted by molar-refractivity contribution is 0.0411. The molecule has 19 heavy (non-hydrogen) atoms. The number of aromatic nitrogens is 2. The number of benzene rings is 1. The first-order valence-corrected chi connectivity index (χ1v) is 6.93. The Morgan fingerprint density at radius 3 is 3.21 bits per heavy atom. The number of nitrogens with one attached hydrogen (secondary N) is 1. The maximum absolute atomic E-state index is 11.8. The summed E-state index contributed by atoms with van der Waals surface area (Å²) in [6.45, 7) is 1.14. The van der Waals surface area contributed by atoms with Crippen LogP contribution in [0.15, 0.2) is 29.6 Å². The van der Waals surface area contributed by atoms with Gasteiger partial charge in [-0.15, -0.1) is 5.10 Å². The van der Waals surface area contributed by atoms with E-state index in [1.54, 1.807) is 5.38 Å². The topological polar surface area (TPSA) is 64.1 Å². The van der Waals surface area contributed by atoms with Crippen LogP contribution in [0.2, 0.25) is 0 Å². The molecule has 0 fully saturated rings. The minimum absolute atomic E-state index is 0.0829. The molecule has 1 aliphatic rings. The summed E-state index contributed by atoms with van der Waals surface area (Å²) in [5.74, 6) is -0.208. The number of amides is 1. The van der Waals surface area contributed by atoms with Crippen LogP contribution >= 0.6 is 11.5 Å². The molecular formula is C13H13N3O2S. The molecule has 2 heterocycles. The summed E-state index contributed by atoms with van der Waals surface area (Å²) in [5, 5.41) is 8.21. The molecule has 98 valence electrons. The molecule has 0 bridgehead atoms. The van der Waals surface area contributed by atoms with Gasteiger partial charge in [0.15, 0.2) is 5.69 Å². The van der Waals surface area contributed by atoms with Gasteiger partial charge in [-0.25, -0.2) is 0 Å². The van der Waals surface area contributed by atoms with Crippen molar-refractivity contribution in [3.63, 3.8) is 0 Å². The molecule has 3 rings (SSSR count). The number of ether oxygens (including phenoxy) is 1. The molecule has 0 saturated heterocycles. The Kier molecular flexibility index (Phi) is 3.52. The van der Waals surface area contributed by atoms with Crippen LogP contribution in [-0.2, 0) is 11.2 Å². The lowest BCUT2D eigenvalue weighted by Crippen LogP contribution is -2.32. The number of hydrogen-bond donors (Lipinski definition) is 1. The van der Waals surface area contributed by atoms with Crippen LogP contribution < -0.4 is 5.32 Å². The third-order valence-corrected chi connectivity index (χ3v) is 3.64. The number of rotatable bonds is 3. The Morgan fingerprint density at radius 2 is 2.37 bits per heavy atom. The Bertz CT molecular complexity index is 571. The fraction of sp³-hybridized carbons (Fsp3) is 0.308. The highest BCUT2D eigenvalue weighted by molar-refractivity contribution is 7.03. The predicted octanol–water partition coefficient (Wildman–Crippen LogP) is 1.58. The quantitative estimate of drug-likeness (QED) is 0.923. The fourth-order valence-corrected chi connectivity index (χ4v) is 2.62. The minimum Gasteiger partial charge on any atom is -0.371 e. The van der Waals surface area contributed by atoms with E-state index >= 15 is 0 Å². The highest BCUT2D eigenvalue weighted by atomic mass is 32.1. The largest absolute Gasteiger partial charge is 0.371 e. The second-order valence-electron chi connectivity index (χ2n) is 4.31. The molecule has 1 aromatic carbocycles. The fourth-order valence-electron chi connectivity index (χ4n) is 2.19. The van der Waals surface area contributed by atoms with Crippen LogP contribution in [0.1, 0.15) is 27.7 Å². The van der Waals surface area contributed by atoms with Gasteiger partial charge in [0.2, 0.25) is 0 Å². The standard InChI is InChI=1S/C13H13N3O2S/c17-13(11-8-19-16-15-11)14-7-12-10-4-2-1-3-9(10)5-6-18-12/h1-4,8,12H,5-7H2,(H,14,17). The van der Waals surface area contributed by atoms with Gasteiger partial charge in [0, 0.05) is 11.9 Å². The Labute approximate surface area is 114 Å². The van der Waals surface area contributed by atoms with E-state index in [2.05, 4.69) is 27.0 Å². The van der Waals surface area contributed by atoms with Gasteiger partial charge in [-0.05, 0) is 29.1 Å². The Hall–Kier alpha value is -1.79. The van der Waals surface area contributed by atoms with Gasteiger partial charge in [-0.1, -0.05) is 28.8 Å². The molecule has 0 saturated carbocycles. The smallest absolute Gasteiger partial charge is 0.272 e. The van der Waals surface area contributed by atoms with Crippen molar-refractivity contribution in [3.05, 3.63) is 46.5 Å². The molecule has 0 spiro atoms. The van der Waals surface area contributed by atoms with E-state index in [9.17, 15) is 4.79 Å². The molecular weight excluding hydrogens is 262 g/mol. The van der Waals surface area contributed by atoms with Crippen LogP contribution in [0.4, 0.5) is 0 Å². The molecule has 1 atom stereocenters. The Balaban J connectivity index is 1.67. The first kappa shape index (κ1) is 12.3. The summed E-state index contributed by atoms with van der Waals surface area (Å²) >= 11 is 1.16. The normalized spacial score (nSPS) is 17.8. The van der Waals surface area contributed by atoms with Crippen LogP contribution in [0.25, 0.3) is 0 Å². The van der Waals surface area contributed by atoms with Crippen LogP contribution in [-0.4, -0.2) is 28.6 Å². The molecule has 0 radical (unpaired) electrons. The van der Waals surface area contributed by atoms with E-state index in [0.717, 1.165) is 23.5 Å². The molecule has 1 amide bonds. The van der Waals surface area contributed by atoms with Gasteiger partial charge in [-0.2, -0.15) is 0 Å². The number of nitrogens with zero attached hydrogens (tertiary/aromatic N) is 2. The monoisotopic (exact) mass is 275 g/mol. The van der Waals surface area contributed by atoms with E-state index < -0.39 is 0 Å². The predicted molar refractivity (Wildman–Crippen MR) is 71.1 cm³/mol. The number of fused-ring (bicyclic) bond motifs is 1. The average Bonchev–Trinajstić information content (AvgIpc) is 2.99. The summed E-state index contributed by atoms with van der Waals surface area (Å²) < 4.78 is 9.40. The van der Waals surface area contributed by atoms with Crippen LogP contribution in [0.5, 0.6) is 0 Å². The average molecular weight is 275 g/mol. The van der Waals surface area contributed by atoms with E-state index in [1.807, 2.05) is 12.1 Å². The van der Waals surface area contributed by atoms with E-state index in [-0.39, 0.29) is 12.0 Å². The number of carbonyl (C=O) groups excluding carboxylic acids is 1. The van der Waals surface area contributed by atoms with Gasteiger partial charge >= 0.3 is 0 Å². The lowest BCUT2D eigenvalue weighted by atomic mass is 9.97. The van der Waals surface area contributed by atoms with Crippen molar-refractivity contribution in [2.45, 2.75) is 12.5 Å². The Morgan fingerprint density at radius 1 is 1.47 bits per heavy atom. The summed E-state index contributed by atoms with van der Waals surface area (Å²) in [4.78, 5) is 11.8. The maximum Gasteiger partial charge on any atom is 0.272 e. The van der Waals surface area contributed by atoms with Crippen molar-refractivity contribution in [3.8, 4) is 0 Å².